The van der Waals surface area contributed by atoms with E-state index >= 15 is 0 Å². The van der Waals surface area contributed by atoms with Crippen LogP contribution in [0.5, 0.6) is 0 Å². The second-order valence-corrected chi connectivity index (χ2v) is 5.64. The smallest absolute Gasteiger partial charge is 0.222 e. The first-order chi connectivity index (χ1) is 9.52. The van der Waals surface area contributed by atoms with Crippen LogP contribution >= 0.6 is 0 Å². The summed E-state index contributed by atoms with van der Waals surface area (Å²) < 4.78 is 0. The van der Waals surface area contributed by atoms with Crippen LogP contribution < -0.4 is 16.0 Å². The lowest BCUT2D eigenvalue weighted by Crippen LogP contribution is -2.46. The summed E-state index contributed by atoms with van der Waals surface area (Å²) in [7, 11) is 1.94. The molecule has 0 aliphatic carbocycles. The molecule has 1 aromatic rings. The number of nitrogens with zero attached hydrogens (tertiary/aromatic N) is 2. The number of hydrogen-bond donors (Lipinski definition) is 2. The first-order valence-electron chi connectivity index (χ1n) is 7.22. The Bertz CT molecular complexity index is 477. The van der Waals surface area contributed by atoms with E-state index < -0.39 is 0 Å². The molecule has 1 aromatic heterocycles. The summed E-state index contributed by atoms with van der Waals surface area (Å²) in [4.78, 5) is 18.1. The molecule has 1 aliphatic heterocycles. The molecule has 0 aromatic carbocycles. The number of aromatic nitrogens is 1. The van der Waals surface area contributed by atoms with E-state index in [0.717, 1.165) is 18.7 Å². The Morgan fingerprint density at radius 2 is 2.30 bits per heavy atom. The summed E-state index contributed by atoms with van der Waals surface area (Å²) in [5, 5.41) is 3.23. The van der Waals surface area contributed by atoms with Crippen molar-refractivity contribution in [1.82, 2.24) is 10.3 Å². The first kappa shape index (κ1) is 14.8. The average Bonchev–Trinajstić information content (AvgIpc) is 2.46. The number of pyridine rings is 1. The molecule has 2 rings (SSSR count). The molecule has 0 saturated carbocycles. The molecule has 5 heteroatoms. The van der Waals surface area contributed by atoms with Gasteiger partial charge in [0.15, 0.2) is 0 Å². The van der Waals surface area contributed by atoms with Gasteiger partial charge in [0.1, 0.15) is 5.82 Å². The predicted octanol–water partition coefficient (Wildman–Crippen LogP) is 1.45. The van der Waals surface area contributed by atoms with Crippen molar-refractivity contribution in [3.63, 3.8) is 0 Å². The third-order valence-corrected chi connectivity index (χ3v) is 4.28. The molecule has 5 nitrogen and oxygen atoms in total. The number of piperidine rings is 1. The summed E-state index contributed by atoms with van der Waals surface area (Å²) in [5.74, 6) is 0.656. The van der Waals surface area contributed by atoms with E-state index in [0.29, 0.717) is 12.6 Å². The lowest BCUT2D eigenvalue weighted by molar-refractivity contribution is -0.122. The standard InChI is InChI=1S/C15H24N4O/c1-10-4-5-13(15(16)20)9-19(10)14-8-12(6-7-18-14)11(2)17-3/h6-8,10-11,13,17H,4-5,9H2,1-3H3,(H2,16,20). The number of carbonyl (C=O) groups is 1. The highest BCUT2D eigenvalue weighted by atomic mass is 16.1. The topological polar surface area (TPSA) is 71.2 Å². The minimum absolute atomic E-state index is 0.0709. The maximum Gasteiger partial charge on any atom is 0.222 e. The summed E-state index contributed by atoms with van der Waals surface area (Å²) in [6.07, 6.45) is 3.68. The van der Waals surface area contributed by atoms with E-state index in [1.54, 1.807) is 0 Å². The van der Waals surface area contributed by atoms with Gasteiger partial charge in [0, 0.05) is 24.8 Å². The molecule has 1 amide bonds. The first-order valence-corrected chi connectivity index (χ1v) is 7.22. The number of primary amides is 1. The van der Waals surface area contributed by atoms with Crippen LogP contribution in [0.1, 0.15) is 38.3 Å². The number of carbonyl (C=O) groups excluding carboxylic acids is 1. The van der Waals surface area contributed by atoms with Gasteiger partial charge in [-0.1, -0.05) is 0 Å². The van der Waals surface area contributed by atoms with Gasteiger partial charge in [-0.3, -0.25) is 4.79 Å². The molecule has 3 N–H and O–H groups in total. The van der Waals surface area contributed by atoms with Gasteiger partial charge in [-0.25, -0.2) is 4.98 Å². The van der Waals surface area contributed by atoms with Crippen LogP contribution in [-0.4, -0.2) is 30.5 Å². The van der Waals surface area contributed by atoms with E-state index in [1.165, 1.54) is 5.56 Å². The highest BCUT2D eigenvalue weighted by Crippen LogP contribution is 2.27. The van der Waals surface area contributed by atoms with E-state index in [-0.39, 0.29) is 17.9 Å². The lowest BCUT2D eigenvalue weighted by Gasteiger charge is -2.38. The summed E-state index contributed by atoms with van der Waals surface area (Å²) in [6.45, 7) is 4.96. The maximum atomic E-state index is 11.4. The second kappa shape index (κ2) is 6.22. The Hall–Kier alpha value is -1.62. The van der Waals surface area contributed by atoms with Gasteiger partial charge in [-0.2, -0.15) is 0 Å². The molecule has 20 heavy (non-hydrogen) atoms. The molecule has 0 bridgehead atoms. The number of hydrogen-bond acceptors (Lipinski definition) is 4. The molecule has 3 atom stereocenters. The van der Waals surface area contributed by atoms with Gasteiger partial charge in [0.2, 0.25) is 5.91 Å². The Morgan fingerprint density at radius 3 is 2.95 bits per heavy atom. The van der Waals surface area contributed by atoms with E-state index in [2.05, 4.69) is 35.1 Å². The van der Waals surface area contributed by atoms with Crippen LogP contribution in [0, 0.1) is 5.92 Å². The fourth-order valence-electron chi connectivity index (χ4n) is 2.69. The lowest BCUT2D eigenvalue weighted by atomic mass is 9.93. The zero-order valence-electron chi connectivity index (χ0n) is 12.5. The summed E-state index contributed by atoms with van der Waals surface area (Å²) in [6, 6.07) is 4.79. The van der Waals surface area contributed by atoms with Gasteiger partial charge < -0.3 is 16.0 Å². The van der Waals surface area contributed by atoms with E-state index in [4.69, 9.17) is 5.73 Å². The Kier molecular flexibility index (Phi) is 4.60. The molecule has 0 radical (unpaired) electrons. The highest BCUT2D eigenvalue weighted by molar-refractivity contribution is 5.77. The van der Waals surface area contributed by atoms with E-state index in [9.17, 15) is 4.79 Å². The quantitative estimate of drug-likeness (QED) is 0.873. The normalized spacial score (nSPS) is 24.4. The Balaban J connectivity index is 2.22. The second-order valence-electron chi connectivity index (χ2n) is 5.64. The van der Waals surface area contributed by atoms with Crippen LogP contribution in [0.2, 0.25) is 0 Å². The minimum Gasteiger partial charge on any atom is -0.369 e. The van der Waals surface area contributed by atoms with Crippen molar-refractivity contribution in [2.45, 2.75) is 38.8 Å². The van der Waals surface area contributed by atoms with E-state index in [1.807, 2.05) is 19.3 Å². The maximum absolute atomic E-state index is 11.4. The van der Waals surface area contributed by atoms with Crippen molar-refractivity contribution in [2.24, 2.45) is 11.7 Å². The molecule has 110 valence electrons. The van der Waals surface area contributed by atoms with Gasteiger partial charge in [-0.15, -0.1) is 0 Å². The highest BCUT2D eigenvalue weighted by Gasteiger charge is 2.29. The van der Waals surface area contributed by atoms with Crippen molar-refractivity contribution < 1.29 is 4.79 Å². The fourth-order valence-corrected chi connectivity index (χ4v) is 2.69. The molecular formula is C15H24N4O. The van der Waals surface area contributed by atoms with Gasteiger partial charge in [0.05, 0.1) is 5.92 Å². The zero-order chi connectivity index (χ0) is 14.7. The largest absolute Gasteiger partial charge is 0.369 e. The van der Waals surface area contributed by atoms with Crippen LogP contribution in [-0.2, 0) is 4.79 Å². The fraction of sp³-hybridized carbons (Fsp3) is 0.600. The van der Waals surface area contributed by atoms with Crippen molar-refractivity contribution in [1.29, 1.82) is 0 Å². The number of nitrogens with two attached hydrogens (primary N) is 1. The molecule has 2 heterocycles. The van der Waals surface area contributed by atoms with Gasteiger partial charge in [0.25, 0.3) is 0 Å². The molecule has 1 aliphatic rings. The predicted molar refractivity (Wildman–Crippen MR) is 80.4 cm³/mol. The Labute approximate surface area is 120 Å². The van der Waals surface area contributed by atoms with Crippen LogP contribution in [0.15, 0.2) is 18.3 Å². The van der Waals surface area contributed by atoms with Crippen molar-refractivity contribution >= 4 is 11.7 Å². The number of amides is 1. The Morgan fingerprint density at radius 1 is 1.55 bits per heavy atom. The van der Waals surface area contributed by atoms with Gasteiger partial charge in [-0.05, 0) is 51.4 Å². The SMILES string of the molecule is CNC(C)c1ccnc(N2CC(C(N)=O)CCC2C)c1. The number of anilines is 1. The van der Waals surface area contributed by atoms with Crippen molar-refractivity contribution in [3.8, 4) is 0 Å². The van der Waals surface area contributed by atoms with Crippen LogP contribution in [0.3, 0.4) is 0 Å². The minimum atomic E-state index is -0.207. The number of nitrogens with one attached hydrogen (secondary N) is 1. The molecule has 0 spiro atoms. The monoisotopic (exact) mass is 276 g/mol. The van der Waals surface area contributed by atoms with Crippen LogP contribution in [0.25, 0.3) is 0 Å². The molecular weight excluding hydrogens is 252 g/mol. The number of rotatable bonds is 4. The molecule has 1 saturated heterocycles. The summed E-state index contributed by atoms with van der Waals surface area (Å²) >= 11 is 0. The zero-order valence-corrected chi connectivity index (χ0v) is 12.5. The van der Waals surface area contributed by atoms with Crippen molar-refractivity contribution in [3.05, 3.63) is 23.9 Å². The molecule has 1 fully saturated rings. The summed E-state index contributed by atoms with van der Waals surface area (Å²) in [5.41, 5.74) is 6.66. The third kappa shape index (κ3) is 3.10. The average molecular weight is 276 g/mol. The molecule has 3 unspecified atom stereocenters. The van der Waals surface area contributed by atoms with Crippen LogP contribution in [0.4, 0.5) is 5.82 Å². The van der Waals surface area contributed by atoms with Crippen molar-refractivity contribution in [2.75, 3.05) is 18.5 Å². The third-order valence-electron chi connectivity index (χ3n) is 4.28. The van der Waals surface area contributed by atoms with Gasteiger partial charge >= 0.3 is 0 Å².